The van der Waals surface area contributed by atoms with Crippen molar-refractivity contribution in [3.8, 4) is 11.5 Å². The summed E-state index contributed by atoms with van der Waals surface area (Å²) < 4.78 is 17.1. The highest BCUT2D eigenvalue weighted by molar-refractivity contribution is 14.1. The van der Waals surface area contributed by atoms with Crippen molar-refractivity contribution < 1.29 is 18.7 Å². The topological polar surface area (TPSA) is 73.1 Å². The third-order valence-corrected chi connectivity index (χ3v) is 4.40. The molecule has 1 amide bonds. The number of benzene rings is 2. The number of nitrogens with zero attached hydrogens (tertiary/aromatic N) is 1. The minimum absolute atomic E-state index is 0.145. The van der Waals surface area contributed by atoms with Crippen molar-refractivity contribution in [2.45, 2.75) is 0 Å². The SMILES string of the molecule is COc1cc(I)cc(/C=N/NC(=O)c2cc3cc(Cl)ccc3o2)c1OC. The molecule has 0 bridgehead atoms. The van der Waals surface area contributed by atoms with E-state index in [9.17, 15) is 4.79 Å². The van der Waals surface area contributed by atoms with E-state index in [0.717, 1.165) is 8.96 Å². The fourth-order valence-corrected chi connectivity index (χ4v) is 3.20. The van der Waals surface area contributed by atoms with E-state index in [1.807, 2.05) is 12.1 Å². The first-order valence-corrected chi connectivity index (χ1v) is 8.91. The van der Waals surface area contributed by atoms with Crippen molar-refractivity contribution in [3.63, 3.8) is 0 Å². The smallest absolute Gasteiger partial charge is 0.307 e. The van der Waals surface area contributed by atoms with Crippen LogP contribution in [0.2, 0.25) is 5.02 Å². The van der Waals surface area contributed by atoms with Gasteiger partial charge in [-0.25, -0.2) is 5.43 Å². The predicted octanol–water partition coefficient (Wildman–Crippen LogP) is 4.47. The lowest BCUT2D eigenvalue weighted by molar-refractivity contribution is 0.0929. The van der Waals surface area contributed by atoms with E-state index in [1.54, 1.807) is 38.5 Å². The van der Waals surface area contributed by atoms with Gasteiger partial charge in [0.2, 0.25) is 0 Å². The number of halogens is 2. The zero-order valence-electron chi connectivity index (χ0n) is 13.9. The molecule has 6 nitrogen and oxygen atoms in total. The van der Waals surface area contributed by atoms with Crippen LogP contribution in [0.3, 0.4) is 0 Å². The molecule has 3 aromatic rings. The molecule has 0 spiro atoms. The van der Waals surface area contributed by atoms with Gasteiger partial charge >= 0.3 is 5.91 Å². The van der Waals surface area contributed by atoms with Gasteiger partial charge < -0.3 is 13.9 Å². The fourth-order valence-electron chi connectivity index (χ4n) is 2.40. The van der Waals surface area contributed by atoms with Crippen molar-refractivity contribution in [2.24, 2.45) is 5.10 Å². The molecule has 0 saturated heterocycles. The Labute approximate surface area is 168 Å². The van der Waals surface area contributed by atoms with E-state index in [1.165, 1.54) is 6.21 Å². The first kappa shape index (κ1) is 18.5. The van der Waals surface area contributed by atoms with Gasteiger partial charge in [0.25, 0.3) is 0 Å². The molecule has 8 heteroatoms. The molecule has 0 fully saturated rings. The summed E-state index contributed by atoms with van der Waals surface area (Å²) in [5.41, 5.74) is 3.69. The molecule has 1 aromatic heterocycles. The summed E-state index contributed by atoms with van der Waals surface area (Å²) in [6.45, 7) is 0. The molecule has 26 heavy (non-hydrogen) atoms. The Hall–Kier alpha value is -2.26. The molecule has 134 valence electrons. The van der Waals surface area contributed by atoms with E-state index in [4.69, 9.17) is 25.5 Å². The van der Waals surface area contributed by atoms with Crippen LogP contribution in [0, 0.1) is 3.57 Å². The van der Waals surface area contributed by atoms with Crippen LogP contribution >= 0.6 is 34.2 Å². The Morgan fingerprint density at radius 3 is 2.77 bits per heavy atom. The molecule has 0 aliphatic heterocycles. The van der Waals surface area contributed by atoms with E-state index in [0.29, 0.717) is 27.7 Å². The maximum atomic E-state index is 12.2. The zero-order valence-corrected chi connectivity index (χ0v) is 16.8. The van der Waals surface area contributed by atoms with Crippen molar-refractivity contribution in [3.05, 3.63) is 56.3 Å². The summed E-state index contributed by atoms with van der Waals surface area (Å²) in [5, 5.41) is 5.30. The highest BCUT2D eigenvalue weighted by Crippen LogP contribution is 2.32. The largest absolute Gasteiger partial charge is 0.493 e. The van der Waals surface area contributed by atoms with Gasteiger partial charge in [0.15, 0.2) is 17.3 Å². The van der Waals surface area contributed by atoms with Gasteiger partial charge in [0, 0.05) is 19.5 Å². The van der Waals surface area contributed by atoms with Gasteiger partial charge in [-0.3, -0.25) is 4.79 Å². The molecular weight excluding hydrogens is 471 g/mol. The van der Waals surface area contributed by atoms with Crippen molar-refractivity contribution in [1.29, 1.82) is 0 Å². The van der Waals surface area contributed by atoms with E-state index in [2.05, 4.69) is 33.1 Å². The molecule has 3 rings (SSSR count). The van der Waals surface area contributed by atoms with Crippen molar-refractivity contribution in [2.75, 3.05) is 14.2 Å². The minimum atomic E-state index is -0.467. The molecule has 0 saturated carbocycles. The van der Waals surface area contributed by atoms with Crippen LogP contribution in [0.1, 0.15) is 16.1 Å². The molecule has 0 atom stereocenters. The average Bonchev–Trinajstić information content (AvgIpc) is 3.04. The summed E-state index contributed by atoms with van der Waals surface area (Å²) in [5.74, 6) is 0.794. The number of rotatable bonds is 5. The first-order chi connectivity index (χ1) is 12.5. The van der Waals surface area contributed by atoms with Gasteiger partial charge in [-0.15, -0.1) is 0 Å². The number of hydrogen-bond acceptors (Lipinski definition) is 5. The van der Waals surface area contributed by atoms with Crippen LogP contribution in [0.15, 0.2) is 45.9 Å². The van der Waals surface area contributed by atoms with Gasteiger partial charge in [0.1, 0.15) is 5.58 Å². The second-order valence-corrected chi connectivity index (χ2v) is 6.90. The van der Waals surface area contributed by atoms with Crippen molar-refractivity contribution in [1.82, 2.24) is 5.43 Å². The molecule has 0 unspecified atom stereocenters. The predicted molar refractivity (Wildman–Crippen MR) is 109 cm³/mol. The summed E-state index contributed by atoms with van der Waals surface area (Å²) in [7, 11) is 3.10. The van der Waals surface area contributed by atoms with Crippen LogP contribution in [-0.4, -0.2) is 26.3 Å². The molecule has 0 aliphatic rings. The van der Waals surface area contributed by atoms with Crippen LogP contribution in [0.5, 0.6) is 11.5 Å². The number of methoxy groups -OCH3 is 2. The fraction of sp³-hybridized carbons (Fsp3) is 0.111. The Morgan fingerprint density at radius 1 is 1.23 bits per heavy atom. The Bertz CT molecular complexity index is 1000. The number of carbonyl (C=O) groups is 1. The number of furan rings is 1. The van der Waals surface area contributed by atoms with E-state index < -0.39 is 5.91 Å². The Morgan fingerprint density at radius 2 is 2.04 bits per heavy atom. The number of hydrogen-bond donors (Lipinski definition) is 1. The minimum Gasteiger partial charge on any atom is -0.493 e. The first-order valence-electron chi connectivity index (χ1n) is 7.46. The highest BCUT2D eigenvalue weighted by atomic mass is 127. The number of ether oxygens (including phenoxy) is 2. The zero-order chi connectivity index (χ0) is 18.7. The molecule has 0 aliphatic carbocycles. The normalized spacial score (nSPS) is 11.1. The van der Waals surface area contributed by atoms with Gasteiger partial charge in [-0.05, 0) is 59.0 Å². The average molecular weight is 485 g/mol. The second-order valence-electron chi connectivity index (χ2n) is 5.22. The van der Waals surface area contributed by atoms with Crippen LogP contribution in [-0.2, 0) is 0 Å². The third kappa shape index (κ3) is 3.94. The standard InChI is InChI=1S/C18H14ClIN2O4/c1-24-15-8-13(20)6-11(17(15)25-2)9-21-22-18(23)16-7-10-5-12(19)3-4-14(10)26-16/h3-9H,1-2H3,(H,22,23)/b21-9+. The van der Waals surface area contributed by atoms with Crippen molar-refractivity contribution >= 4 is 57.3 Å². The molecule has 1 heterocycles. The lowest BCUT2D eigenvalue weighted by Gasteiger charge is -2.10. The third-order valence-electron chi connectivity index (χ3n) is 3.54. The molecule has 2 aromatic carbocycles. The highest BCUT2D eigenvalue weighted by Gasteiger charge is 2.13. The number of nitrogens with one attached hydrogen (secondary N) is 1. The van der Waals surface area contributed by atoms with Crippen LogP contribution < -0.4 is 14.9 Å². The van der Waals surface area contributed by atoms with Crippen LogP contribution in [0.25, 0.3) is 11.0 Å². The lowest BCUT2D eigenvalue weighted by atomic mass is 10.2. The lowest BCUT2D eigenvalue weighted by Crippen LogP contribution is -2.16. The van der Waals surface area contributed by atoms with Crippen LogP contribution in [0.4, 0.5) is 0 Å². The number of fused-ring (bicyclic) bond motifs is 1. The van der Waals surface area contributed by atoms with E-state index in [-0.39, 0.29) is 5.76 Å². The molecule has 0 radical (unpaired) electrons. The number of amides is 1. The van der Waals surface area contributed by atoms with Gasteiger partial charge in [0.05, 0.1) is 20.4 Å². The Kier molecular flexibility index (Phi) is 5.67. The molecule has 1 N–H and O–H groups in total. The number of carbonyl (C=O) groups excluding carboxylic acids is 1. The summed E-state index contributed by atoms with van der Waals surface area (Å²) in [4.78, 5) is 12.2. The Balaban J connectivity index is 1.79. The monoisotopic (exact) mass is 484 g/mol. The maximum Gasteiger partial charge on any atom is 0.307 e. The summed E-state index contributed by atoms with van der Waals surface area (Å²) >= 11 is 8.10. The maximum absolute atomic E-state index is 12.2. The molecular formula is C18H14ClIN2O4. The van der Waals surface area contributed by atoms with Gasteiger partial charge in [-0.1, -0.05) is 11.6 Å². The number of hydrazone groups is 1. The second kappa shape index (κ2) is 7.96. The van der Waals surface area contributed by atoms with E-state index >= 15 is 0 Å². The summed E-state index contributed by atoms with van der Waals surface area (Å²) in [6.07, 6.45) is 1.49. The quantitative estimate of drug-likeness (QED) is 0.329. The summed E-state index contributed by atoms with van der Waals surface area (Å²) in [6, 6.07) is 10.4. The van der Waals surface area contributed by atoms with Gasteiger partial charge in [-0.2, -0.15) is 5.10 Å².